The Morgan fingerprint density at radius 1 is 1.39 bits per heavy atom. The van der Waals surface area contributed by atoms with Crippen LogP contribution in [0.5, 0.6) is 0 Å². The van der Waals surface area contributed by atoms with Crippen LogP contribution >= 0.6 is 23.2 Å². The molecule has 1 aliphatic heterocycles. The van der Waals surface area contributed by atoms with Crippen molar-refractivity contribution in [1.82, 2.24) is 10.3 Å². The van der Waals surface area contributed by atoms with E-state index in [-0.39, 0.29) is 5.91 Å². The van der Waals surface area contributed by atoms with Crippen molar-refractivity contribution in [3.05, 3.63) is 16.1 Å². The van der Waals surface area contributed by atoms with Crippen molar-refractivity contribution in [1.29, 1.82) is 0 Å². The second kappa shape index (κ2) is 5.63. The summed E-state index contributed by atoms with van der Waals surface area (Å²) in [6.07, 6.45) is 0.440. The molecule has 0 radical (unpaired) electrons. The Labute approximate surface area is 115 Å². The standard InChI is InChI=1S/C11H14Cl2N4O/c1-14-10-7(12)6-8(13)11(16-10)17-4-2-9(18)15-3-5-17/h6H,2-5H2,1H3,(H,14,16)(H,15,18). The first kappa shape index (κ1) is 13.2. The normalized spacial score (nSPS) is 16.2. The van der Waals surface area contributed by atoms with Crippen molar-refractivity contribution >= 4 is 40.7 Å². The number of hydrogen-bond acceptors (Lipinski definition) is 4. The summed E-state index contributed by atoms with van der Waals surface area (Å²) in [6, 6.07) is 1.66. The molecule has 1 aromatic rings. The molecule has 2 rings (SSSR count). The molecule has 0 spiro atoms. The number of amides is 1. The van der Waals surface area contributed by atoms with Gasteiger partial charge < -0.3 is 15.5 Å². The molecule has 2 N–H and O–H groups in total. The number of nitrogens with one attached hydrogen (secondary N) is 2. The fraction of sp³-hybridized carbons (Fsp3) is 0.455. The van der Waals surface area contributed by atoms with E-state index in [1.54, 1.807) is 13.1 Å². The lowest BCUT2D eigenvalue weighted by Gasteiger charge is -2.22. The van der Waals surface area contributed by atoms with E-state index < -0.39 is 0 Å². The first-order valence-corrected chi connectivity index (χ1v) is 6.43. The summed E-state index contributed by atoms with van der Waals surface area (Å²) in [4.78, 5) is 17.7. The molecule has 98 valence electrons. The fourth-order valence-corrected chi connectivity index (χ4v) is 2.41. The summed E-state index contributed by atoms with van der Waals surface area (Å²) in [5, 5.41) is 6.70. The monoisotopic (exact) mass is 288 g/mol. The molecule has 2 heterocycles. The van der Waals surface area contributed by atoms with Crippen LogP contribution in [0.3, 0.4) is 0 Å². The van der Waals surface area contributed by atoms with Crippen molar-refractivity contribution in [2.24, 2.45) is 0 Å². The highest BCUT2D eigenvalue weighted by molar-refractivity contribution is 6.37. The van der Waals surface area contributed by atoms with E-state index in [4.69, 9.17) is 23.2 Å². The van der Waals surface area contributed by atoms with Gasteiger partial charge in [0.05, 0.1) is 10.0 Å². The quantitative estimate of drug-likeness (QED) is 0.871. The van der Waals surface area contributed by atoms with Gasteiger partial charge in [0.2, 0.25) is 5.91 Å². The van der Waals surface area contributed by atoms with Gasteiger partial charge in [0.25, 0.3) is 0 Å². The summed E-state index contributed by atoms with van der Waals surface area (Å²) in [5.41, 5.74) is 0. The van der Waals surface area contributed by atoms with Gasteiger partial charge in [-0.3, -0.25) is 4.79 Å². The Morgan fingerprint density at radius 3 is 2.89 bits per heavy atom. The Kier molecular flexibility index (Phi) is 4.14. The maximum absolute atomic E-state index is 11.3. The third-order valence-electron chi connectivity index (χ3n) is 2.76. The largest absolute Gasteiger partial charge is 0.372 e. The van der Waals surface area contributed by atoms with Crippen LogP contribution in [0.1, 0.15) is 6.42 Å². The number of carbonyl (C=O) groups excluding carboxylic acids is 1. The van der Waals surface area contributed by atoms with Crippen molar-refractivity contribution in [3.63, 3.8) is 0 Å². The van der Waals surface area contributed by atoms with Gasteiger partial charge in [0, 0.05) is 33.1 Å². The van der Waals surface area contributed by atoms with Crippen molar-refractivity contribution in [3.8, 4) is 0 Å². The van der Waals surface area contributed by atoms with Gasteiger partial charge in [-0.1, -0.05) is 23.2 Å². The molecular formula is C11H14Cl2N4O. The second-order valence-electron chi connectivity index (χ2n) is 3.96. The molecule has 1 amide bonds. The van der Waals surface area contributed by atoms with Crippen LogP contribution in [-0.4, -0.2) is 37.6 Å². The average molecular weight is 289 g/mol. The van der Waals surface area contributed by atoms with E-state index in [2.05, 4.69) is 15.6 Å². The molecule has 1 fully saturated rings. The van der Waals surface area contributed by atoms with E-state index in [9.17, 15) is 4.79 Å². The summed E-state index contributed by atoms with van der Waals surface area (Å²) in [6.45, 7) is 1.88. The number of hydrogen-bond donors (Lipinski definition) is 2. The summed E-state index contributed by atoms with van der Waals surface area (Å²) < 4.78 is 0. The van der Waals surface area contributed by atoms with Gasteiger partial charge in [-0.25, -0.2) is 4.98 Å². The molecule has 0 saturated carbocycles. The third-order valence-corrected chi connectivity index (χ3v) is 3.33. The number of halogens is 2. The fourth-order valence-electron chi connectivity index (χ4n) is 1.83. The highest BCUT2D eigenvalue weighted by Gasteiger charge is 2.18. The first-order valence-electron chi connectivity index (χ1n) is 5.67. The van der Waals surface area contributed by atoms with E-state index in [0.29, 0.717) is 47.7 Å². The SMILES string of the molecule is CNc1nc(N2CCNC(=O)CC2)c(Cl)cc1Cl. The minimum Gasteiger partial charge on any atom is -0.372 e. The number of pyridine rings is 1. The smallest absolute Gasteiger partial charge is 0.221 e. The molecule has 18 heavy (non-hydrogen) atoms. The molecule has 1 aliphatic rings. The Bertz CT molecular complexity index is 467. The van der Waals surface area contributed by atoms with E-state index in [0.717, 1.165) is 0 Å². The summed E-state index contributed by atoms with van der Waals surface area (Å²) >= 11 is 12.2. The number of anilines is 2. The lowest BCUT2D eigenvalue weighted by Crippen LogP contribution is -2.29. The Balaban J connectivity index is 2.29. The topological polar surface area (TPSA) is 57.3 Å². The summed E-state index contributed by atoms with van der Waals surface area (Å²) in [5.74, 6) is 1.29. The molecule has 0 unspecified atom stereocenters. The molecular weight excluding hydrogens is 275 g/mol. The molecule has 0 aliphatic carbocycles. The maximum Gasteiger partial charge on any atom is 0.221 e. The van der Waals surface area contributed by atoms with Crippen molar-refractivity contribution < 1.29 is 4.79 Å². The Hall–Kier alpha value is -1.20. The van der Waals surface area contributed by atoms with Crippen LogP contribution in [0.25, 0.3) is 0 Å². The van der Waals surface area contributed by atoms with Gasteiger partial charge >= 0.3 is 0 Å². The predicted octanol–water partition coefficient (Wildman–Crippen LogP) is 1.76. The van der Waals surface area contributed by atoms with Crippen LogP contribution in [0, 0.1) is 0 Å². The number of carbonyl (C=O) groups is 1. The van der Waals surface area contributed by atoms with Crippen molar-refractivity contribution in [2.75, 3.05) is 36.9 Å². The zero-order valence-electron chi connectivity index (χ0n) is 9.96. The van der Waals surface area contributed by atoms with Gasteiger partial charge in [0.15, 0.2) is 0 Å². The van der Waals surface area contributed by atoms with Crippen LogP contribution in [0.4, 0.5) is 11.6 Å². The molecule has 5 nitrogen and oxygen atoms in total. The highest BCUT2D eigenvalue weighted by Crippen LogP contribution is 2.31. The first-order chi connectivity index (χ1) is 8.61. The maximum atomic E-state index is 11.3. The lowest BCUT2D eigenvalue weighted by molar-refractivity contribution is -0.120. The average Bonchev–Trinajstić information content (AvgIpc) is 2.54. The van der Waals surface area contributed by atoms with Crippen LogP contribution in [-0.2, 0) is 4.79 Å². The minimum absolute atomic E-state index is 0.0522. The molecule has 1 saturated heterocycles. The molecule has 7 heteroatoms. The second-order valence-corrected chi connectivity index (χ2v) is 4.78. The van der Waals surface area contributed by atoms with Crippen LogP contribution in [0.2, 0.25) is 10.0 Å². The molecule has 0 atom stereocenters. The van der Waals surface area contributed by atoms with Crippen LogP contribution < -0.4 is 15.5 Å². The molecule has 0 bridgehead atoms. The molecule has 1 aromatic heterocycles. The van der Waals surface area contributed by atoms with Gasteiger partial charge in [-0.2, -0.15) is 0 Å². The van der Waals surface area contributed by atoms with Gasteiger partial charge in [-0.05, 0) is 6.07 Å². The zero-order valence-corrected chi connectivity index (χ0v) is 11.5. The zero-order chi connectivity index (χ0) is 13.1. The number of aromatic nitrogens is 1. The number of rotatable bonds is 2. The minimum atomic E-state index is 0.0522. The summed E-state index contributed by atoms with van der Waals surface area (Å²) in [7, 11) is 1.75. The van der Waals surface area contributed by atoms with E-state index in [1.165, 1.54) is 0 Å². The van der Waals surface area contributed by atoms with E-state index in [1.807, 2.05) is 4.90 Å². The van der Waals surface area contributed by atoms with Gasteiger partial charge in [0.1, 0.15) is 11.6 Å². The van der Waals surface area contributed by atoms with Crippen LogP contribution in [0.15, 0.2) is 6.07 Å². The van der Waals surface area contributed by atoms with E-state index >= 15 is 0 Å². The number of nitrogens with zero attached hydrogens (tertiary/aromatic N) is 2. The lowest BCUT2D eigenvalue weighted by atomic mass is 10.3. The Morgan fingerprint density at radius 2 is 2.17 bits per heavy atom. The van der Waals surface area contributed by atoms with Gasteiger partial charge in [-0.15, -0.1) is 0 Å². The third kappa shape index (κ3) is 2.79. The predicted molar refractivity (Wildman–Crippen MR) is 73.6 cm³/mol. The molecule has 0 aromatic carbocycles. The van der Waals surface area contributed by atoms with Crippen molar-refractivity contribution in [2.45, 2.75) is 6.42 Å². The highest BCUT2D eigenvalue weighted by atomic mass is 35.5.